The molecule has 5 atom stereocenters. The molecule has 0 radical (unpaired) electrons. The summed E-state index contributed by atoms with van der Waals surface area (Å²) in [5.41, 5.74) is 4.57. The summed E-state index contributed by atoms with van der Waals surface area (Å²) in [7, 11) is 0. The molecule has 4 rings (SSSR count). The number of carbonyl (C=O) groups excluding carboxylic acids is 4. The maximum absolute atomic E-state index is 13.2. The number of ether oxygens (including phenoxy) is 1. The van der Waals surface area contributed by atoms with Crippen molar-refractivity contribution in [2.24, 2.45) is 11.8 Å². The molecule has 1 fully saturated rings. The molecule has 3 N–H and O–H groups in total. The molecule has 2 aliphatic rings. The van der Waals surface area contributed by atoms with Crippen LogP contribution in [0.3, 0.4) is 0 Å². The quantitative estimate of drug-likeness (QED) is 0.466. The Morgan fingerprint density at radius 2 is 1.77 bits per heavy atom. The van der Waals surface area contributed by atoms with Crippen molar-refractivity contribution in [1.29, 1.82) is 0 Å². The molecule has 1 saturated heterocycles. The van der Waals surface area contributed by atoms with E-state index < -0.39 is 36.1 Å². The number of cyclic esters (lactones) is 1. The zero-order valence-corrected chi connectivity index (χ0v) is 23.8. The van der Waals surface area contributed by atoms with Gasteiger partial charge in [0.25, 0.3) is 5.91 Å². The third kappa shape index (κ3) is 6.85. The van der Waals surface area contributed by atoms with Gasteiger partial charge in [-0.1, -0.05) is 39.0 Å². The smallest absolute Gasteiger partial charge is 0.325 e. The molecule has 214 valence electrons. The van der Waals surface area contributed by atoms with Crippen LogP contribution in [0.5, 0.6) is 0 Å². The van der Waals surface area contributed by atoms with E-state index in [-0.39, 0.29) is 23.7 Å². The SMILES string of the molecule is CC(C)[C@@H]1NC(=O)[C@H](C)C/C=C/c2cc3cc(ccc3cn2)[C@@H](C)OC(=O)[C@@H]2CCCN(N2)C(=O)[C@@H](C)NC1=O. The topological polar surface area (TPSA) is 130 Å². The molecular formula is C30H39N5O5. The fourth-order valence-corrected chi connectivity index (χ4v) is 4.89. The van der Waals surface area contributed by atoms with Crippen LogP contribution < -0.4 is 16.1 Å². The van der Waals surface area contributed by atoms with Crippen LogP contribution in [0.15, 0.2) is 36.5 Å². The predicted octanol–water partition coefficient (Wildman–Crippen LogP) is 3.03. The van der Waals surface area contributed by atoms with Crippen LogP contribution in [0.4, 0.5) is 0 Å². The van der Waals surface area contributed by atoms with Gasteiger partial charge in [-0.3, -0.25) is 29.2 Å². The molecule has 1 aromatic carbocycles. The third-order valence-corrected chi connectivity index (χ3v) is 7.47. The minimum atomic E-state index is -0.863. The number of fused-ring (bicyclic) bond motifs is 4. The van der Waals surface area contributed by atoms with Gasteiger partial charge in [0.2, 0.25) is 11.8 Å². The van der Waals surface area contributed by atoms with E-state index in [9.17, 15) is 19.2 Å². The summed E-state index contributed by atoms with van der Waals surface area (Å²) < 4.78 is 5.80. The van der Waals surface area contributed by atoms with Crippen LogP contribution >= 0.6 is 0 Å². The second-order valence-corrected chi connectivity index (χ2v) is 11.1. The molecule has 1 aromatic heterocycles. The van der Waals surface area contributed by atoms with E-state index in [1.807, 2.05) is 57.2 Å². The van der Waals surface area contributed by atoms with Gasteiger partial charge >= 0.3 is 5.97 Å². The highest BCUT2D eigenvalue weighted by molar-refractivity contribution is 5.92. The molecule has 2 aromatic rings. The number of amides is 3. The Bertz CT molecular complexity index is 1310. The number of carbonyl (C=O) groups is 4. The van der Waals surface area contributed by atoms with Gasteiger partial charge in [-0.15, -0.1) is 0 Å². The molecule has 40 heavy (non-hydrogen) atoms. The van der Waals surface area contributed by atoms with Crippen LogP contribution in [-0.2, 0) is 23.9 Å². The molecule has 2 aliphatic heterocycles. The van der Waals surface area contributed by atoms with Crippen LogP contribution in [0.25, 0.3) is 16.8 Å². The summed E-state index contributed by atoms with van der Waals surface area (Å²) in [5.74, 6) is -2.07. The Hall–Kier alpha value is -3.79. The molecule has 0 saturated carbocycles. The van der Waals surface area contributed by atoms with Gasteiger partial charge in [-0.25, -0.2) is 5.43 Å². The van der Waals surface area contributed by atoms with Gasteiger partial charge in [0.15, 0.2) is 0 Å². The Morgan fingerprint density at radius 3 is 2.52 bits per heavy atom. The second kappa shape index (κ2) is 12.6. The van der Waals surface area contributed by atoms with Crippen LogP contribution in [0.1, 0.15) is 71.2 Å². The van der Waals surface area contributed by atoms with Crippen molar-refractivity contribution in [2.75, 3.05) is 6.54 Å². The number of pyridine rings is 1. The first-order valence-electron chi connectivity index (χ1n) is 14.0. The van der Waals surface area contributed by atoms with Gasteiger partial charge in [0.1, 0.15) is 24.2 Å². The van der Waals surface area contributed by atoms with Crippen LogP contribution in [0, 0.1) is 11.8 Å². The van der Waals surface area contributed by atoms with Gasteiger partial charge in [0.05, 0.1) is 5.69 Å². The zero-order chi connectivity index (χ0) is 29.0. The summed E-state index contributed by atoms with van der Waals surface area (Å²) in [6.07, 6.45) is 6.64. The highest BCUT2D eigenvalue weighted by Gasteiger charge is 2.34. The number of hydrogen-bond acceptors (Lipinski definition) is 7. The molecule has 5 bridgehead atoms. The lowest BCUT2D eigenvalue weighted by atomic mass is 10.00. The number of aromatic nitrogens is 1. The van der Waals surface area contributed by atoms with Crippen molar-refractivity contribution in [2.45, 2.75) is 78.1 Å². The fraction of sp³-hybridized carbons (Fsp3) is 0.500. The van der Waals surface area contributed by atoms with Crippen LogP contribution in [-0.4, -0.2) is 58.4 Å². The summed E-state index contributed by atoms with van der Waals surface area (Å²) in [6.45, 7) is 9.30. The van der Waals surface area contributed by atoms with E-state index in [4.69, 9.17) is 4.74 Å². The highest BCUT2D eigenvalue weighted by Crippen LogP contribution is 2.24. The van der Waals surface area contributed by atoms with Gasteiger partial charge in [-0.2, -0.15) is 0 Å². The number of benzene rings is 1. The summed E-state index contributed by atoms with van der Waals surface area (Å²) in [4.78, 5) is 56.8. The number of rotatable bonds is 1. The Balaban J connectivity index is 1.63. The third-order valence-electron chi connectivity index (χ3n) is 7.47. The summed E-state index contributed by atoms with van der Waals surface area (Å²) in [5, 5.41) is 8.87. The van der Waals surface area contributed by atoms with E-state index in [1.165, 1.54) is 5.01 Å². The first-order chi connectivity index (χ1) is 19.0. The normalized spacial score (nSPS) is 28.1. The lowest BCUT2D eigenvalue weighted by Gasteiger charge is -2.35. The molecular weight excluding hydrogens is 510 g/mol. The lowest BCUT2D eigenvalue weighted by Crippen LogP contribution is -2.61. The first kappa shape index (κ1) is 29.2. The van der Waals surface area contributed by atoms with E-state index >= 15 is 0 Å². The Labute approximate surface area is 234 Å². The monoisotopic (exact) mass is 549 g/mol. The van der Waals surface area contributed by atoms with E-state index in [2.05, 4.69) is 21.0 Å². The van der Waals surface area contributed by atoms with Crippen LogP contribution in [0.2, 0.25) is 0 Å². The number of hydrazine groups is 1. The molecule has 10 nitrogen and oxygen atoms in total. The first-order valence-corrected chi connectivity index (χ1v) is 14.0. The molecule has 3 heterocycles. The minimum absolute atomic E-state index is 0.194. The molecule has 3 amide bonds. The zero-order valence-electron chi connectivity index (χ0n) is 23.8. The van der Waals surface area contributed by atoms with Crippen molar-refractivity contribution in [3.05, 3.63) is 47.8 Å². The Kier molecular flexibility index (Phi) is 9.19. The molecule has 10 heteroatoms. The summed E-state index contributed by atoms with van der Waals surface area (Å²) >= 11 is 0. The fourth-order valence-electron chi connectivity index (χ4n) is 4.89. The maximum Gasteiger partial charge on any atom is 0.325 e. The molecule has 0 spiro atoms. The van der Waals surface area contributed by atoms with Crippen molar-refractivity contribution >= 4 is 40.5 Å². The molecule has 0 unspecified atom stereocenters. The van der Waals surface area contributed by atoms with Crippen molar-refractivity contribution < 1.29 is 23.9 Å². The van der Waals surface area contributed by atoms with E-state index in [0.29, 0.717) is 25.8 Å². The minimum Gasteiger partial charge on any atom is -0.457 e. The van der Waals surface area contributed by atoms with E-state index in [1.54, 1.807) is 20.0 Å². The molecule has 0 aliphatic carbocycles. The predicted molar refractivity (Wildman–Crippen MR) is 151 cm³/mol. The number of nitrogens with one attached hydrogen (secondary N) is 3. The van der Waals surface area contributed by atoms with Crippen molar-refractivity contribution in [1.82, 2.24) is 26.1 Å². The van der Waals surface area contributed by atoms with Gasteiger partial charge in [-0.05, 0) is 68.2 Å². The summed E-state index contributed by atoms with van der Waals surface area (Å²) in [6, 6.07) is 5.43. The number of esters is 1. The van der Waals surface area contributed by atoms with E-state index in [0.717, 1.165) is 22.0 Å². The largest absolute Gasteiger partial charge is 0.457 e. The second-order valence-electron chi connectivity index (χ2n) is 11.1. The number of nitrogens with zero attached hydrogens (tertiary/aromatic N) is 2. The average Bonchev–Trinajstić information content (AvgIpc) is 2.94. The maximum atomic E-state index is 13.2. The van der Waals surface area contributed by atoms with Crippen molar-refractivity contribution in [3.8, 4) is 0 Å². The van der Waals surface area contributed by atoms with Gasteiger partial charge in [0, 0.05) is 24.0 Å². The Morgan fingerprint density at radius 1 is 1.00 bits per heavy atom. The average molecular weight is 550 g/mol. The highest BCUT2D eigenvalue weighted by atomic mass is 16.5. The van der Waals surface area contributed by atoms with Crippen molar-refractivity contribution in [3.63, 3.8) is 0 Å². The lowest BCUT2D eigenvalue weighted by molar-refractivity contribution is -0.157. The number of hydrogen-bond donors (Lipinski definition) is 3. The van der Waals surface area contributed by atoms with Gasteiger partial charge < -0.3 is 15.4 Å². The standard InChI is InChI=1S/C30H39N5O5/c1-17(2)26-28(37)32-19(4)29(38)35-13-7-10-25(34-35)30(39)40-20(5)21-11-12-22-16-31-24(15-23(22)14-21)9-6-8-18(3)27(36)33-26/h6,9,11-12,14-20,25-26,34H,7-8,10,13H2,1-5H3,(H,32,37)(H,33,36)/b9-6+/t18-,19-,20-,25+,26+/m1/s1. The number of allylic oxidation sites excluding steroid dienone is 1.